The minimum absolute atomic E-state index is 0.262. The van der Waals surface area contributed by atoms with E-state index in [0.717, 1.165) is 60.1 Å². The van der Waals surface area contributed by atoms with Crippen LogP contribution in [0.1, 0.15) is 34.3 Å². The van der Waals surface area contributed by atoms with Gasteiger partial charge in [0.25, 0.3) is 0 Å². The zero-order chi connectivity index (χ0) is 21.2. The van der Waals surface area contributed by atoms with Crippen LogP contribution in [0.25, 0.3) is 11.1 Å². The van der Waals surface area contributed by atoms with Crippen LogP contribution in [0.3, 0.4) is 0 Å². The van der Waals surface area contributed by atoms with Gasteiger partial charge < -0.3 is 18.9 Å². The summed E-state index contributed by atoms with van der Waals surface area (Å²) in [7, 11) is 11.3. The highest BCUT2D eigenvalue weighted by atomic mass is 16.5. The molecule has 0 N–H and O–H groups in total. The number of likely N-dealkylation sites (N-methyl/N-ethyl adjacent to an activating group) is 2. The van der Waals surface area contributed by atoms with E-state index in [1.165, 1.54) is 22.3 Å². The summed E-state index contributed by atoms with van der Waals surface area (Å²) in [4.78, 5) is 4.99. The number of nitrogens with zero attached hydrogens (tertiary/aromatic N) is 2. The Morgan fingerprint density at radius 1 is 0.667 bits per heavy atom. The zero-order valence-electron chi connectivity index (χ0n) is 18.7. The Kier molecular flexibility index (Phi) is 4.60. The summed E-state index contributed by atoms with van der Waals surface area (Å²) in [5.41, 5.74) is 7.54. The van der Waals surface area contributed by atoms with Gasteiger partial charge in [0.2, 0.25) is 0 Å². The van der Waals surface area contributed by atoms with Crippen LogP contribution in [-0.4, -0.2) is 65.4 Å². The van der Waals surface area contributed by atoms with Crippen molar-refractivity contribution in [2.75, 3.05) is 55.6 Å². The number of fused-ring (bicyclic) bond motifs is 2. The fourth-order valence-electron chi connectivity index (χ4n) is 5.82. The first-order chi connectivity index (χ1) is 14.5. The molecule has 0 radical (unpaired) electrons. The van der Waals surface area contributed by atoms with Crippen LogP contribution < -0.4 is 18.9 Å². The van der Waals surface area contributed by atoms with E-state index in [-0.39, 0.29) is 12.1 Å². The Balaban J connectivity index is 1.98. The Labute approximate surface area is 178 Å². The van der Waals surface area contributed by atoms with Crippen molar-refractivity contribution in [2.45, 2.75) is 24.9 Å². The SMILES string of the molecule is COc1cc2c3c(c1OC)-c1c(OC)c(OC)cc4c1[C@@H]([C@H]3N(C)CC2)N(C)CC4. The number of rotatable bonds is 4. The van der Waals surface area contributed by atoms with E-state index in [1.54, 1.807) is 28.4 Å². The molecular weight excluding hydrogens is 380 g/mol. The van der Waals surface area contributed by atoms with Crippen LogP contribution in [0.5, 0.6) is 23.0 Å². The van der Waals surface area contributed by atoms with Crippen LogP contribution in [0, 0.1) is 0 Å². The highest BCUT2D eigenvalue weighted by Gasteiger charge is 2.47. The van der Waals surface area contributed by atoms with Gasteiger partial charge in [0.05, 0.1) is 40.5 Å². The lowest BCUT2D eigenvalue weighted by Crippen LogP contribution is -2.46. The molecule has 2 heterocycles. The first-order valence-electron chi connectivity index (χ1n) is 10.5. The average Bonchev–Trinajstić information content (AvgIpc) is 2.77. The normalized spacial score (nSPS) is 22.2. The first-order valence-corrected chi connectivity index (χ1v) is 10.5. The van der Waals surface area contributed by atoms with E-state index in [4.69, 9.17) is 18.9 Å². The van der Waals surface area contributed by atoms with E-state index in [0.29, 0.717) is 0 Å². The molecule has 0 fully saturated rings. The van der Waals surface area contributed by atoms with E-state index in [1.807, 2.05) is 0 Å². The van der Waals surface area contributed by atoms with Crippen LogP contribution in [-0.2, 0) is 12.8 Å². The molecule has 2 aromatic carbocycles. The van der Waals surface area contributed by atoms with Gasteiger partial charge in [-0.05, 0) is 61.3 Å². The molecule has 0 aromatic heterocycles. The summed E-state index contributed by atoms with van der Waals surface area (Å²) in [6.45, 7) is 2.05. The quantitative estimate of drug-likeness (QED) is 0.769. The van der Waals surface area contributed by atoms with Crippen molar-refractivity contribution in [3.63, 3.8) is 0 Å². The molecule has 3 aliphatic rings. The fourth-order valence-corrected chi connectivity index (χ4v) is 5.82. The maximum absolute atomic E-state index is 5.97. The molecule has 5 rings (SSSR count). The third-order valence-corrected chi connectivity index (χ3v) is 7.15. The molecule has 0 amide bonds. The van der Waals surface area contributed by atoms with Gasteiger partial charge in [0.1, 0.15) is 0 Å². The molecule has 0 bridgehead atoms. The van der Waals surface area contributed by atoms with E-state index in [9.17, 15) is 0 Å². The summed E-state index contributed by atoms with van der Waals surface area (Å²) < 4.78 is 23.5. The molecule has 2 aliphatic heterocycles. The van der Waals surface area contributed by atoms with Gasteiger partial charge in [-0.2, -0.15) is 0 Å². The summed E-state index contributed by atoms with van der Waals surface area (Å²) in [5.74, 6) is 3.10. The number of methoxy groups -OCH3 is 4. The first kappa shape index (κ1) is 19.5. The van der Waals surface area contributed by atoms with Crippen molar-refractivity contribution in [1.82, 2.24) is 9.80 Å². The molecule has 2 atom stereocenters. The molecular formula is C24H30N2O4. The van der Waals surface area contributed by atoms with Crippen molar-refractivity contribution in [3.05, 3.63) is 34.4 Å². The molecule has 0 saturated heterocycles. The summed E-state index contributed by atoms with van der Waals surface area (Å²) in [5, 5.41) is 0. The third kappa shape index (κ3) is 2.44. The molecule has 0 saturated carbocycles. The molecule has 0 spiro atoms. The fraction of sp³-hybridized carbons (Fsp3) is 0.500. The molecule has 160 valence electrons. The largest absolute Gasteiger partial charge is 0.493 e. The minimum Gasteiger partial charge on any atom is -0.493 e. The Morgan fingerprint density at radius 2 is 1.07 bits per heavy atom. The lowest BCUT2D eigenvalue weighted by atomic mass is 9.70. The molecule has 2 aromatic rings. The number of ether oxygens (including phenoxy) is 4. The minimum atomic E-state index is 0.262. The molecule has 6 nitrogen and oxygen atoms in total. The topological polar surface area (TPSA) is 43.4 Å². The Bertz CT molecular complexity index is 938. The molecule has 0 unspecified atom stereocenters. The lowest BCUT2D eigenvalue weighted by Gasteiger charge is -2.50. The molecule has 30 heavy (non-hydrogen) atoms. The van der Waals surface area contributed by atoms with Crippen LogP contribution in [0.2, 0.25) is 0 Å². The Morgan fingerprint density at radius 3 is 1.40 bits per heavy atom. The highest BCUT2D eigenvalue weighted by Crippen LogP contribution is 2.62. The second-order valence-corrected chi connectivity index (χ2v) is 8.47. The monoisotopic (exact) mass is 410 g/mol. The standard InChI is InChI=1S/C24H30N2O4/c1-25-9-7-13-11-15(27-3)23(29-5)19-17(13)21(25)22-18-14(8-10-26(22)2)12-16(28-4)24(30-6)20(18)19/h11-12,21-22H,7-10H2,1-6H3/t21-,22-/m0/s1. The van der Waals surface area contributed by atoms with Gasteiger partial charge in [-0.25, -0.2) is 0 Å². The number of hydrogen-bond donors (Lipinski definition) is 0. The number of hydrogen-bond acceptors (Lipinski definition) is 6. The van der Waals surface area contributed by atoms with Gasteiger partial charge >= 0.3 is 0 Å². The van der Waals surface area contributed by atoms with Gasteiger partial charge in [-0.15, -0.1) is 0 Å². The highest BCUT2D eigenvalue weighted by molar-refractivity contribution is 5.90. The average molecular weight is 411 g/mol. The third-order valence-electron chi connectivity index (χ3n) is 7.15. The van der Waals surface area contributed by atoms with Crippen molar-refractivity contribution in [3.8, 4) is 34.1 Å². The maximum Gasteiger partial charge on any atom is 0.169 e. The van der Waals surface area contributed by atoms with Crippen molar-refractivity contribution in [2.24, 2.45) is 0 Å². The Hall–Kier alpha value is -2.44. The zero-order valence-corrected chi connectivity index (χ0v) is 18.7. The van der Waals surface area contributed by atoms with Gasteiger partial charge in [-0.3, -0.25) is 9.80 Å². The van der Waals surface area contributed by atoms with Gasteiger partial charge in [-0.1, -0.05) is 0 Å². The van der Waals surface area contributed by atoms with Crippen molar-refractivity contribution < 1.29 is 18.9 Å². The van der Waals surface area contributed by atoms with Crippen LogP contribution >= 0.6 is 0 Å². The van der Waals surface area contributed by atoms with Crippen molar-refractivity contribution >= 4 is 0 Å². The molecule has 6 heteroatoms. The van der Waals surface area contributed by atoms with E-state index >= 15 is 0 Å². The summed E-state index contributed by atoms with van der Waals surface area (Å²) in [6.07, 6.45) is 1.97. The smallest absolute Gasteiger partial charge is 0.169 e. The maximum atomic E-state index is 5.97. The van der Waals surface area contributed by atoms with E-state index < -0.39 is 0 Å². The molecule has 1 aliphatic carbocycles. The van der Waals surface area contributed by atoms with Gasteiger partial charge in [0.15, 0.2) is 23.0 Å². The van der Waals surface area contributed by atoms with E-state index in [2.05, 4.69) is 36.0 Å². The second kappa shape index (κ2) is 7.06. The lowest BCUT2D eigenvalue weighted by molar-refractivity contribution is 0.0946. The van der Waals surface area contributed by atoms with Gasteiger partial charge in [0, 0.05) is 24.2 Å². The van der Waals surface area contributed by atoms with Crippen LogP contribution in [0.15, 0.2) is 12.1 Å². The summed E-state index contributed by atoms with van der Waals surface area (Å²) >= 11 is 0. The van der Waals surface area contributed by atoms with Crippen molar-refractivity contribution in [1.29, 1.82) is 0 Å². The predicted molar refractivity (Wildman–Crippen MR) is 116 cm³/mol. The number of benzene rings is 2. The van der Waals surface area contributed by atoms with Crippen LogP contribution in [0.4, 0.5) is 0 Å². The second-order valence-electron chi connectivity index (χ2n) is 8.47. The predicted octanol–water partition coefficient (Wildman–Crippen LogP) is 3.46. The summed E-state index contributed by atoms with van der Waals surface area (Å²) in [6, 6.07) is 4.86.